The molecule has 0 atom stereocenters. The normalized spacial score (nSPS) is 14.8. The van der Waals surface area contributed by atoms with Gasteiger partial charge in [0.1, 0.15) is 17.3 Å². The number of rotatable bonds is 8. The maximum absolute atomic E-state index is 12.7. The van der Waals surface area contributed by atoms with Gasteiger partial charge < -0.3 is 19.2 Å². The zero-order valence-electron chi connectivity index (χ0n) is 18.5. The predicted molar refractivity (Wildman–Crippen MR) is 123 cm³/mol. The molecule has 0 saturated carbocycles. The summed E-state index contributed by atoms with van der Waals surface area (Å²) in [5.41, 5.74) is 2.44. The summed E-state index contributed by atoms with van der Waals surface area (Å²) in [6.45, 7) is 5.87. The molecule has 7 heteroatoms. The highest BCUT2D eigenvalue weighted by molar-refractivity contribution is 6.06. The van der Waals surface area contributed by atoms with Gasteiger partial charge >= 0.3 is 0 Å². The van der Waals surface area contributed by atoms with Crippen LogP contribution in [-0.4, -0.2) is 56.1 Å². The lowest BCUT2D eigenvalue weighted by Crippen LogP contribution is -2.45. The SMILES string of the molecule is COc1ccc(C(=O)Nc2ccc(CN3CCN(Cc4ccco4)CC3)cc2)c(OC)c1. The van der Waals surface area contributed by atoms with Crippen LogP contribution in [0.25, 0.3) is 0 Å². The Kier molecular flexibility index (Phi) is 7.09. The van der Waals surface area contributed by atoms with Crippen LogP contribution >= 0.6 is 0 Å². The van der Waals surface area contributed by atoms with Crippen molar-refractivity contribution < 1.29 is 18.7 Å². The number of carbonyl (C=O) groups is 1. The Morgan fingerprint density at radius 3 is 2.28 bits per heavy atom. The van der Waals surface area contributed by atoms with Gasteiger partial charge in [0.25, 0.3) is 5.91 Å². The van der Waals surface area contributed by atoms with Crippen molar-refractivity contribution >= 4 is 11.6 Å². The van der Waals surface area contributed by atoms with Crippen molar-refractivity contribution in [1.82, 2.24) is 9.80 Å². The number of nitrogens with zero attached hydrogens (tertiary/aromatic N) is 2. The van der Waals surface area contributed by atoms with Gasteiger partial charge in [-0.05, 0) is 42.0 Å². The summed E-state index contributed by atoms with van der Waals surface area (Å²) in [4.78, 5) is 17.6. The first kappa shape index (κ1) is 21.9. The first-order valence-corrected chi connectivity index (χ1v) is 10.7. The van der Waals surface area contributed by atoms with E-state index in [-0.39, 0.29) is 5.91 Å². The van der Waals surface area contributed by atoms with Gasteiger partial charge in [-0.25, -0.2) is 0 Å². The Morgan fingerprint density at radius 1 is 0.938 bits per heavy atom. The Bertz CT molecular complexity index is 1010. The van der Waals surface area contributed by atoms with Crippen LogP contribution in [0, 0.1) is 0 Å². The third-order valence-corrected chi connectivity index (χ3v) is 5.70. The Hall–Kier alpha value is -3.29. The van der Waals surface area contributed by atoms with Crippen LogP contribution in [0.5, 0.6) is 11.5 Å². The third kappa shape index (κ3) is 5.49. The molecule has 0 unspecified atom stereocenters. The zero-order chi connectivity index (χ0) is 22.3. The van der Waals surface area contributed by atoms with E-state index in [1.54, 1.807) is 31.6 Å². The number of anilines is 1. The smallest absolute Gasteiger partial charge is 0.259 e. The molecular formula is C25H29N3O4. The number of methoxy groups -OCH3 is 2. The number of benzene rings is 2. The molecule has 168 valence electrons. The number of amides is 1. The fourth-order valence-corrected chi connectivity index (χ4v) is 3.86. The minimum absolute atomic E-state index is 0.218. The van der Waals surface area contributed by atoms with Crippen molar-refractivity contribution in [1.29, 1.82) is 0 Å². The molecule has 1 aromatic heterocycles. The molecule has 0 radical (unpaired) electrons. The van der Waals surface area contributed by atoms with Gasteiger partial charge in [-0.2, -0.15) is 0 Å². The first-order chi connectivity index (χ1) is 15.6. The molecule has 0 aliphatic carbocycles. The highest BCUT2D eigenvalue weighted by Crippen LogP contribution is 2.25. The summed E-state index contributed by atoms with van der Waals surface area (Å²) in [6.07, 6.45) is 1.73. The van der Waals surface area contributed by atoms with Gasteiger partial charge in [-0.15, -0.1) is 0 Å². The lowest BCUT2D eigenvalue weighted by molar-refractivity contribution is 0.102. The summed E-state index contributed by atoms with van der Waals surface area (Å²) >= 11 is 0. The number of hydrogen-bond donors (Lipinski definition) is 1. The maximum Gasteiger partial charge on any atom is 0.259 e. The van der Waals surface area contributed by atoms with E-state index in [1.165, 1.54) is 12.7 Å². The van der Waals surface area contributed by atoms with Gasteiger partial charge in [-0.1, -0.05) is 12.1 Å². The maximum atomic E-state index is 12.7. The summed E-state index contributed by atoms with van der Waals surface area (Å²) in [6, 6.07) is 17.1. The Balaban J connectivity index is 1.29. The van der Waals surface area contributed by atoms with E-state index in [0.717, 1.165) is 50.7 Å². The molecule has 4 rings (SSSR count). The van der Waals surface area contributed by atoms with Crippen molar-refractivity contribution in [2.24, 2.45) is 0 Å². The monoisotopic (exact) mass is 435 g/mol. The molecule has 1 amide bonds. The van der Waals surface area contributed by atoms with Crippen molar-refractivity contribution in [2.45, 2.75) is 13.1 Å². The van der Waals surface area contributed by atoms with E-state index in [0.29, 0.717) is 17.1 Å². The molecule has 1 fully saturated rings. The molecule has 1 saturated heterocycles. The van der Waals surface area contributed by atoms with E-state index in [9.17, 15) is 4.79 Å². The van der Waals surface area contributed by atoms with Gasteiger partial charge in [0, 0.05) is 44.5 Å². The van der Waals surface area contributed by atoms with Crippen LogP contribution in [0.1, 0.15) is 21.7 Å². The predicted octanol–water partition coefficient (Wildman–Crippen LogP) is 3.87. The van der Waals surface area contributed by atoms with E-state index < -0.39 is 0 Å². The number of furan rings is 1. The van der Waals surface area contributed by atoms with Crippen LogP contribution in [0.2, 0.25) is 0 Å². The molecule has 2 aromatic carbocycles. The van der Waals surface area contributed by atoms with Crippen LogP contribution < -0.4 is 14.8 Å². The fraction of sp³-hybridized carbons (Fsp3) is 0.320. The summed E-state index contributed by atoms with van der Waals surface area (Å²) in [5, 5.41) is 2.94. The largest absolute Gasteiger partial charge is 0.497 e. The molecule has 7 nitrogen and oxygen atoms in total. The van der Waals surface area contributed by atoms with Gasteiger partial charge in [-0.3, -0.25) is 14.6 Å². The van der Waals surface area contributed by atoms with Gasteiger partial charge in [0.05, 0.1) is 32.6 Å². The van der Waals surface area contributed by atoms with Crippen LogP contribution in [0.4, 0.5) is 5.69 Å². The Labute approximate surface area is 188 Å². The molecule has 1 N–H and O–H groups in total. The number of piperazine rings is 1. The second-order valence-electron chi connectivity index (χ2n) is 7.85. The summed E-state index contributed by atoms with van der Waals surface area (Å²) in [5.74, 6) is 1.92. The van der Waals surface area contributed by atoms with Crippen molar-refractivity contribution in [3.05, 3.63) is 77.7 Å². The van der Waals surface area contributed by atoms with Crippen LogP contribution in [0.3, 0.4) is 0 Å². The van der Waals surface area contributed by atoms with E-state index in [4.69, 9.17) is 13.9 Å². The van der Waals surface area contributed by atoms with E-state index in [2.05, 4.69) is 27.2 Å². The Morgan fingerprint density at radius 2 is 1.66 bits per heavy atom. The molecular weight excluding hydrogens is 406 g/mol. The standard InChI is InChI=1S/C25H29N3O4/c1-30-21-9-10-23(24(16-21)31-2)25(29)26-20-7-5-19(6-8-20)17-27-11-13-28(14-12-27)18-22-4-3-15-32-22/h3-10,15-16H,11-14,17-18H2,1-2H3,(H,26,29). The van der Waals surface area contributed by atoms with Crippen molar-refractivity contribution in [3.63, 3.8) is 0 Å². The number of nitrogens with one attached hydrogen (secondary N) is 1. The number of hydrogen-bond acceptors (Lipinski definition) is 6. The topological polar surface area (TPSA) is 67.2 Å². The van der Waals surface area contributed by atoms with Crippen LogP contribution in [0.15, 0.2) is 65.3 Å². The first-order valence-electron chi connectivity index (χ1n) is 10.7. The molecule has 0 spiro atoms. The van der Waals surface area contributed by atoms with Crippen molar-refractivity contribution in [2.75, 3.05) is 45.7 Å². The molecule has 1 aliphatic heterocycles. The molecule has 0 bridgehead atoms. The lowest BCUT2D eigenvalue weighted by Gasteiger charge is -2.34. The molecule has 1 aliphatic rings. The second kappa shape index (κ2) is 10.3. The summed E-state index contributed by atoms with van der Waals surface area (Å²) in [7, 11) is 3.12. The van der Waals surface area contributed by atoms with E-state index in [1.807, 2.05) is 24.3 Å². The quantitative estimate of drug-likeness (QED) is 0.580. The van der Waals surface area contributed by atoms with Gasteiger partial charge in [0.15, 0.2) is 0 Å². The van der Waals surface area contributed by atoms with Gasteiger partial charge in [0.2, 0.25) is 0 Å². The zero-order valence-corrected chi connectivity index (χ0v) is 18.5. The minimum Gasteiger partial charge on any atom is -0.497 e. The highest BCUT2D eigenvalue weighted by atomic mass is 16.5. The lowest BCUT2D eigenvalue weighted by atomic mass is 10.1. The molecule has 3 aromatic rings. The second-order valence-corrected chi connectivity index (χ2v) is 7.85. The third-order valence-electron chi connectivity index (χ3n) is 5.70. The van der Waals surface area contributed by atoms with E-state index >= 15 is 0 Å². The van der Waals surface area contributed by atoms with Crippen LogP contribution in [-0.2, 0) is 13.1 Å². The summed E-state index contributed by atoms with van der Waals surface area (Å²) < 4.78 is 16.0. The highest BCUT2D eigenvalue weighted by Gasteiger charge is 2.18. The number of ether oxygens (including phenoxy) is 2. The fourth-order valence-electron chi connectivity index (χ4n) is 3.86. The average Bonchev–Trinajstić information content (AvgIpc) is 3.34. The molecule has 32 heavy (non-hydrogen) atoms. The average molecular weight is 436 g/mol. The molecule has 2 heterocycles. The van der Waals surface area contributed by atoms with Crippen molar-refractivity contribution in [3.8, 4) is 11.5 Å². The number of carbonyl (C=O) groups excluding carboxylic acids is 1. The minimum atomic E-state index is -0.218.